The molecular formula is C26H29NO4S. The van der Waals surface area contributed by atoms with Crippen LogP contribution in [0.4, 0.5) is 0 Å². The Morgan fingerprint density at radius 2 is 1.75 bits per heavy atom. The molecule has 5 nitrogen and oxygen atoms in total. The largest absolute Gasteiger partial charge is 0.497 e. The molecule has 0 aliphatic rings. The van der Waals surface area contributed by atoms with E-state index in [-0.39, 0.29) is 6.42 Å². The molecule has 0 amide bonds. The number of aromatic nitrogens is 1. The van der Waals surface area contributed by atoms with Crippen molar-refractivity contribution < 1.29 is 19.4 Å². The first-order valence-corrected chi connectivity index (χ1v) is 11.8. The summed E-state index contributed by atoms with van der Waals surface area (Å²) in [5.41, 5.74) is 2.91. The average Bonchev–Trinajstić information content (AvgIpc) is 2.83. The number of unbranched alkanes of at least 4 members (excludes halogenated alkanes) is 1. The summed E-state index contributed by atoms with van der Waals surface area (Å²) in [5.74, 6) is 1.45. The fourth-order valence-corrected chi connectivity index (χ4v) is 4.05. The minimum Gasteiger partial charge on any atom is -0.497 e. The van der Waals surface area contributed by atoms with Crippen LogP contribution in [0.5, 0.6) is 11.5 Å². The fourth-order valence-electron chi connectivity index (χ4n) is 3.23. The molecule has 0 bridgehead atoms. The van der Waals surface area contributed by atoms with Gasteiger partial charge in [0.2, 0.25) is 0 Å². The number of aryl methyl sites for hydroxylation is 2. The van der Waals surface area contributed by atoms with Gasteiger partial charge in [0.25, 0.3) is 0 Å². The van der Waals surface area contributed by atoms with E-state index in [9.17, 15) is 4.79 Å². The maximum atomic E-state index is 11.1. The van der Waals surface area contributed by atoms with Crippen molar-refractivity contribution in [2.24, 2.45) is 0 Å². The SMILES string of the molecule is COc1ccc(CCCCOc2ccc(CSc3ccccc3)nc2CCC(=O)O)cc1. The predicted octanol–water partition coefficient (Wildman–Crippen LogP) is 5.80. The molecule has 0 saturated carbocycles. The van der Waals surface area contributed by atoms with Crippen molar-refractivity contribution in [3.63, 3.8) is 0 Å². The number of ether oxygens (including phenoxy) is 2. The van der Waals surface area contributed by atoms with E-state index in [1.165, 1.54) is 10.5 Å². The summed E-state index contributed by atoms with van der Waals surface area (Å²) in [7, 11) is 1.67. The van der Waals surface area contributed by atoms with Crippen LogP contribution in [0.3, 0.4) is 0 Å². The summed E-state index contributed by atoms with van der Waals surface area (Å²) < 4.78 is 11.2. The highest BCUT2D eigenvalue weighted by Gasteiger charge is 2.10. The number of benzene rings is 2. The summed E-state index contributed by atoms with van der Waals surface area (Å²) in [6.45, 7) is 0.579. The first-order chi connectivity index (χ1) is 15.6. The van der Waals surface area contributed by atoms with Crippen molar-refractivity contribution in [2.75, 3.05) is 13.7 Å². The zero-order chi connectivity index (χ0) is 22.6. The van der Waals surface area contributed by atoms with Crippen molar-refractivity contribution in [2.45, 2.75) is 42.8 Å². The van der Waals surface area contributed by atoms with E-state index in [1.54, 1.807) is 18.9 Å². The van der Waals surface area contributed by atoms with Crippen molar-refractivity contribution in [3.8, 4) is 11.5 Å². The van der Waals surface area contributed by atoms with Crippen molar-refractivity contribution in [1.82, 2.24) is 4.98 Å². The van der Waals surface area contributed by atoms with Gasteiger partial charge < -0.3 is 14.6 Å². The Labute approximate surface area is 193 Å². The predicted molar refractivity (Wildman–Crippen MR) is 128 cm³/mol. The van der Waals surface area contributed by atoms with Crippen LogP contribution in [-0.4, -0.2) is 29.8 Å². The molecule has 0 aliphatic heterocycles. The molecule has 0 atom stereocenters. The lowest BCUT2D eigenvalue weighted by molar-refractivity contribution is -0.136. The zero-order valence-corrected chi connectivity index (χ0v) is 19.1. The van der Waals surface area contributed by atoms with Gasteiger partial charge in [-0.05, 0) is 61.2 Å². The monoisotopic (exact) mass is 451 g/mol. The minimum atomic E-state index is -0.832. The molecule has 2 aromatic carbocycles. The standard InChI is InChI=1S/C26H29NO4S/c1-30-22-13-10-20(11-14-22)7-5-6-18-31-25-16-12-21(27-24(25)15-17-26(28)29)19-32-23-8-3-2-4-9-23/h2-4,8-14,16H,5-7,15,17-19H2,1H3,(H,28,29). The van der Waals surface area contributed by atoms with E-state index in [2.05, 4.69) is 24.3 Å². The van der Waals surface area contributed by atoms with Crippen LogP contribution in [0, 0.1) is 0 Å². The van der Waals surface area contributed by atoms with Crippen LogP contribution in [0.2, 0.25) is 0 Å². The molecule has 0 fully saturated rings. The molecule has 0 spiro atoms. The number of nitrogens with zero attached hydrogens (tertiary/aromatic N) is 1. The van der Waals surface area contributed by atoms with Crippen molar-refractivity contribution in [1.29, 1.82) is 0 Å². The van der Waals surface area contributed by atoms with Gasteiger partial charge in [0, 0.05) is 17.1 Å². The molecule has 0 aliphatic carbocycles. The second-order valence-electron chi connectivity index (χ2n) is 7.40. The first kappa shape index (κ1) is 23.7. The molecular weight excluding hydrogens is 422 g/mol. The summed E-state index contributed by atoms with van der Waals surface area (Å²) in [6.07, 6.45) is 3.30. The van der Waals surface area contributed by atoms with Crippen LogP contribution in [0.25, 0.3) is 0 Å². The van der Waals surface area contributed by atoms with Crippen molar-refractivity contribution in [3.05, 3.63) is 83.7 Å². The molecule has 168 valence electrons. The second kappa shape index (κ2) is 12.8. The number of rotatable bonds is 13. The Morgan fingerprint density at radius 3 is 2.47 bits per heavy atom. The van der Waals surface area contributed by atoms with Gasteiger partial charge in [-0.2, -0.15) is 0 Å². The van der Waals surface area contributed by atoms with E-state index < -0.39 is 5.97 Å². The van der Waals surface area contributed by atoms with Gasteiger partial charge in [0.05, 0.1) is 31.5 Å². The van der Waals surface area contributed by atoms with Crippen LogP contribution in [-0.2, 0) is 23.4 Å². The maximum absolute atomic E-state index is 11.1. The summed E-state index contributed by atoms with van der Waals surface area (Å²) in [4.78, 5) is 17.0. The molecule has 6 heteroatoms. The minimum absolute atomic E-state index is 0.0378. The fraction of sp³-hybridized carbons (Fsp3) is 0.308. The quantitative estimate of drug-likeness (QED) is 0.262. The van der Waals surface area contributed by atoms with Crippen LogP contribution in [0.1, 0.15) is 36.2 Å². The Morgan fingerprint density at radius 1 is 0.969 bits per heavy atom. The van der Waals surface area contributed by atoms with Crippen molar-refractivity contribution >= 4 is 17.7 Å². The smallest absolute Gasteiger partial charge is 0.303 e. The lowest BCUT2D eigenvalue weighted by Crippen LogP contribution is -2.06. The number of aliphatic carboxylic acids is 1. The summed E-state index contributed by atoms with van der Waals surface area (Å²) >= 11 is 1.71. The molecule has 1 aromatic heterocycles. The normalized spacial score (nSPS) is 10.7. The Hall–Kier alpha value is -2.99. The lowest BCUT2D eigenvalue weighted by Gasteiger charge is -2.12. The van der Waals surface area contributed by atoms with Gasteiger partial charge >= 0.3 is 5.97 Å². The zero-order valence-electron chi connectivity index (χ0n) is 18.3. The van der Waals surface area contributed by atoms with Gasteiger partial charge in [-0.25, -0.2) is 0 Å². The summed E-state index contributed by atoms with van der Waals surface area (Å²) in [6, 6.07) is 22.2. The summed E-state index contributed by atoms with van der Waals surface area (Å²) in [5, 5.41) is 9.09. The van der Waals surface area contributed by atoms with Gasteiger partial charge in [-0.15, -0.1) is 11.8 Å². The third-order valence-electron chi connectivity index (χ3n) is 4.97. The molecule has 1 heterocycles. The van der Waals surface area contributed by atoms with E-state index in [1.807, 2.05) is 42.5 Å². The second-order valence-corrected chi connectivity index (χ2v) is 8.45. The topological polar surface area (TPSA) is 68.7 Å². The molecule has 0 unspecified atom stereocenters. The molecule has 0 saturated heterocycles. The van der Waals surface area contributed by atoms with Gasteiger partial charge in [-0.3, -0.25) is 9.78 Å². The lowest BCUT2D eigenvalue weighted by atomic mass is 10.1. The van der Waals surface area contributed by atoms with Crippen LogP contribution in [0.15, 0.2) is 71.6 Å². The number of hydrogen-bond acceptors (Lipinski definition) is 5. The molecule has 3 aromatic rings. The maximum Gasteiger partial charge on any atom is 0.303 e. The number of thioether (sulfide) groups is 1. The number of pyridine rings is 1. The number of hydrogen-bond donors (Lipinski definition) is 1. The van der Waals surface area contributed by atoms with E-state index in [0.29, 0.717) is 24.5 Å². The number of carbonyl (C=O) groups is 1. The Kier molecular flexibility index (Phi) is 9.44. The Bertz CT molecular complexity index is 977. The number of methoxy groups -OCH3 is 1. The highest BCUT2D eigenvalue weighted by Crippen LogP contribution is 2.25. The highest BCUT2D eigenvalue weighted by molar-refractivity contribution is 7.98. The number of carboxylic acid groups (broad SMARTS) is 1. The van der Waals surface area contributed by atoms with Gasteiger partial charge in [0.1, 0.15) is 11.5 Å². The van der Waals surface area contributed by atoms with Gasteiger partial charge in [0.15, 0.2) is 0 Å². The van der Waals surface area contributed by atoms with Crippen LogP contribution < -0.4 is 9.47 Å². The average molecular weight is 452 g/mol. The van der Waals surface area contributed by atoms with Crippen LogP contribution >= 0.6 is 11.8 Å². The van der Waals surface area contributed by atoms with E-state index in [4.69, 9.17) is 19.6 Å². The molecule has 32 heavy (non-hydrogen) atoms. The van der Waals surface area contributed by atoms with E-state index in [0.717, 1.165) is 36.5 Å². The molecule has 0 radical (unpaired) electrons. The Balaban J connectivity index is 1.52. The highest BCUT2D eigenvalue weighted by atomic mass is 32.2. The number of carboxylic acids is 1. The third-order valence-corrected chi connectivity index (χ3v) is 6.02. The molecule has 3 rings (SSSR count). The van der Waals surface area contributed by atoms with E-state index >= 15 is 0 Å². The van der Waals surface area contributed by atoms with Gasteiger partial charge in [-0.1, -0.05) is 30.3 Å². The third kappa shape index (κ3) is 7.93. The first-order valence-electron chi connectivity index (χ1n) is 10.8. The molecule has 1 N–H and O–H groups in total.